The predicted molar refractivity (Wildman–Crippen MR) is 56.2 cm³/mol. The molecule has 3 nitrogen and oxygen atoms in total. The van der Waals surface area contributed by atoms with Gasteiger partial charge in [0.15, 0.2) is 0 Å². The van der Waals surface area contributed by atoms with Crippen LogP contribution in [0.3, 0.4) is 0 Å². The minimum atomic E-state index is 0. The molecule has 1 N–H and O–H groups in total. The van der Waals surface area contributed by atoms with E-state index < -0.39 is 0 Å². The number of hydrogen-bond acceptors (Lipinski definition) is 2. The first-order valence-corrected chi connectivity index (χ1v) is 4.83. The third kappa shape index (κ3) is 4.48. The van der Waals surface area contributed by atoms with E-state index in [0.29, 0.717) is 6.54 Å². The van der Waals surface area contributed by atoms with Crippen LogP contribution in [-0.4, -0.2) is 37.0 Å². The van der Waals surface area contributed by atoms with Gasteiger partial charge in [-0.1, -0.05) is 19.8 Å². The van der Waals surface area contributed by atoms with Gasteiger partial charge in [0.1, 0.15) is 0 Å². The second kappa shape index (κ2) is 7.15. The molecule has 0 unspecified atom stereocenters. The van der Waals surface area contributed by atoms with E-state index in [-0.39, 0.29) is 18.3 Å². The van der Waals surface area contributed by atoms with Crippen LogP contribution in [0.25, 0.3) is 0 Å². The van der Waals surface area contributed by atoms with Crippen LogP contribution in [0.4, 0.5) is 0 Å². The Morgan fingerprint density at radius 3 is 2.85 bits per heavy atom. The second-order valence-electron chi connectivity index (χ2n) is 3.26. The van der Waals surface area contributed by atoms with Gasteiger partial charge < -0.3 is 10.2 Å². The van der Waals surface area contributed by atoms with Crippen LogP contribution in [0.2, 0.25) is 0 Å². The highest BCUT2D eigenvalue weighted by Crippen LogP contribution is 2.00. The standard InChI is InChI=1S/C9H18N2O.ClH/c1-2-3-4-6-11-7-5-10-8-9(11)12;/h10H,2-8H2,1H3;1H. The van der Waals surface area contributed by atoms with Gasteiger partial charge >= 0.3 is 0 Å². The van der Waals surface area contributed by atoms with Gasteiger partial charge in [0.2, 0.25) is 5.91 Å². The van der Waals surface area contributed by atoms with E-state index in [4.69, 9.17) is 0 Å². The molecule has 1 aliphatic heterocycles. The number of unbranched alkanes of at least 4 members (excludes halogenated alkanes) is 2. The maximum atomic E-state index is 11.3. The van der Waals surface area contributed by atoms with Crippen molar-refractivity contribution in [3.8, 4) is 0 Å². The van der Waals surface area contributed by atoms with Gasteiger partial charge in [0, 0.05) is 19.6 Å². The largest absolute Gasteiger partial charge is 0.340 e. The molecule has 1 rings (SSSR count). The summed E-state index contributed by atoms with van der Waals surface area (Å²) in [5, 5.41) is 3.06. The fourth-order valence-electron chi connectivity index (χ4n) is 1.44. The number of nitrogens with one attached hydrogen (secondary N) is 1. The predicted octanol–water partition coefficient (Wildman–Crippen LogP) is 1.03. The minimum absolute atomic E-state index is 0. The van der Waals surface area contributed by atoms with Crippen LogP contribution in [0, 0.1) is 0 Å². The molecule has 0 aromatic rings. The van der Waals surface area contributed by atoms with E-state index in [1.807, 2.05) is 4.90 Å². The van der Waals surface area contributed by atoms with Gasteiger partial charge in [0.05, 0.1) is 6.54 Å². The Balaban J connectivity index is 0.00000144. The van der Waals surface area contributed by atoms with E-state index in [1.165, 1.54) is 12.8 Å². The van der Waals surface area contributed by atoms with Crippen molar-refractivity contribution >= 4 is 18.3 Å². The Hall–Kier alpha value is -0.280. The van der Waals surface area contributed by atoms with Gasteiger partial charge in [-0.15, -0.1) is 12.4 Å². The van der Waals surface area contributed by atoms with Crippen LogP contribution < -0.4 is 5.32 Å². The molecule has 0 spiro atoms. The summed E-state index contributed by atoms with van der Waals surface area (Å²) in [4.78, 5) is 13.2. The average Bonchev–Trinajstić information content (AvgIpc) is 2.09. The van der Waals surface area contributed by atoms with Gasteiger partial charge in [-0.05, 0) is 6.42 Å². The highest BCUT2D eigenvalue weighted by molar-refractivity contribution is 5.85. The van der Waals surface area contributed by atoms with E-state index >= 15 is 0 Å². The van der Waals surface area contributed by atoms with Gasteiger partial charge in [-0.25, -0.2) is 0 Å². The van der Waals surface area contributed by atoms with E-state index in [1.54, 1.807) is 0 Å². The molecule has 0 atom stereocenters. The number of piperazine rings is 1. The van der Waals surface area contributed by atoms with E-state index in [2.05, 4.69) is 12.2 Å². The zero-order valence-corrected chi connectivity index (χ0v) is 9.03. The Kier molecular flexibility index (Phi) is 7.00. The number of carbonyl (C=O) groups excluding carboxylic acids is 1. The van der Waals surface area contributed by atoms with Crippen molar-refractivity contribution in [2.24, 2.45) is 0 Å². The van der Waals surface area contributed by atoms with Crippen molar-refractivity contribution in [2.45, 2.75) is 26.2 Å². The summed E-state index contributed by atoms with van der Waals surface area (Å²) >= 11 is 0. The molecular weight excluding hydrogens is 188 g/mol. The SMILES string of the molecule is CCCCCN1CCNCC1=O.Cl. The van der Waals surface area contributed by atoms with E-state index in [0.717, 1.165) is 26.1 Å². The first-order valence-electron chi connectivity index (χ1n) is 4.83. The molecule has 1 aliphatic rings. The highest BCUT2D eigenvalue weighted by atomic mass is 35.5. The molecular formula is C9H19ClN2O. The highest BCUT2D eigenvalue weighted by Gasteiger charge is 2.15. The van der Waals surface area contributed by atoms with Crippen LogP contribution >= 0.6 is 12.4 Å². The summed E-state index contributed by atoms with van der Waals surface area (Å²) in [5.74, 6) is 0.261. The zero-order chi connectivity index (χ0) is 8.81. The van der Waals surface area contributed by atoms with Crippen molar-refractivity contribution in [1.82, 2.24) is 10.2 Å². The zero-order valence-electron chi connectivity index (χ0n) is 8.21. The van der Waals surface area contributed by atoms with Crippen LogP contribution in [0.5, 0.6) is 0 Å². The quantitative estimate of drug-likeness (QED) is 0.697. The molecule has 0 aliphatic carbocycles. The second-order valence-corrected chi connectivity index (χ2v) is 3.26. The van der Waals surface area contributed by atoms with Crippen molar-refractivity contribution in [3.63, 3.8) is 0 Å². The number of rotatable bonds is 4. The first kappa shape index (κ1) is 12.7. The van der Waals surface area contributed by atoms with Crippen LogP contribution in [0.1, 0.15) is 26.2 Å². The lowest BCUT2D eigenvalue weighted by molar-refractivity contribution is -0.131. The van der Waals surface area contributed by atoms with Crippen LogP contribution in [0.15, 0.2) is 0 Å². The third-order valence-corrected chi connectivity index (χ3v) is 2.22. The molecule has 0 aromatic heterocycles. The normalized spacial score (nSPS) is 17.0. The van der Waals surface area contributed by atoms with Gasteiger partial charge in [0.25, 0.3) is 0 Å². The smallest absolute Gasteiger partial charge is 0.236 e. The fraction of sp³-hybridized carbons (Fsp3) is 0.889. The lowest BCUT2D eigenvalue weighted by atomic mass is 10.2. The molecule has 0 aromatic carbocycles. The topological polar surface area (TPSA) is 32.3 Å². The molecule has 4 heteroatoms. The first-order chi connectivity index (χ1) is 5.84. The summed E-state index contributed by atoms with van der Waals surface area (Å²) < 4.78 is 0. The Morgan fingerprint density at radius 1 is 1.46 bits per heavy atom. The molecule has 1 heterocycles. The van der Waals surface area contributed by atoms with Gasteiger partial charge in [-0.3, -0.25) is 4.79 Å². The molecule has 0 radical (unpaired) electrons. The van der Waals surface area contributed by atoms with Crippen molar-refractivity contribution in [3.05, 3.63) is 0 Å². The molecule has 1 saturated heterocycles. The maximum Gasteiger partial charge on any atom is 0.236 e. The summed E-state index contributed by atoms with van der Waals surface area (Å²) in [6.45, 7) is 5.51. The summed E-state index contributed by atoms with van der Waals surface area (Å²) in [7, 11) is 0. The fourth-order valence-corrected chi connectivity index (χ4v) is 1.44. The lowest BCUT2D eigenvalue weighted by Gasteiger charge is -2.27. The molecule has 1 fully saturated rings. The van der Waals surface area contributed by atoms with Gasteiger partial charge in [-0.2, -0.15) is 0 Å². The van der Waals surface area contributed by atoms with Crippen molar-refractivity contribution < 1.29 is 4.79 Å². The molecule has 13 heavy (non-hydrogen) atoms. The average molecular weight is 207 g/mol. The number of hydrogen-bond donors (Lipinski definition) is 1. The van der Waals surface area contributed by atoms with E-state index in [9.17, 15) is 4.79 Å². The number of halogens is 1. The van der Waals surface area contributed by atoms with Crippen LogP contribution in [-0.2, 0) is 4.79 Å². The molecule has 0 bridgehead atoms. The summed E-state index contributed by atoms with van der Waals surface area (Å²) in [6.07, 6.45) is 3.61. The monoisotopic (exact) mass is 206 g/mol. The Labute approximate surface area is 86.3 Å². The number of amides is 1. The van der Waals surface area contributed by atoms with Crippen molar-refractivity contribution in [2.75, 3.05) is 26.2 Å². The summed E-state index contributed by atoms with van der Waals surface area (Å²) in [6, 6.07) is 0. The number of carbonyl (C=O) groups is 1. The lowest BCUT2D eigenvalue weighted by Crippen LogP contribution is -2.48. The Bertz CT molecular complexity index is 153. The molecule has 0 saturated carbocycles. The molecule has 78 valence electrons. The Morgan fingerprint density at radius 2 is 2.23 bits per heavy atom. The number of nitrogens with zero attached hydrogens (tertiary/aromatic N) is 1. The van der Waals surface area contributed by atoms with Crippen molar-refractivity contribution in [1.29, 1.82) is 0 Å². The third-order valence-electron chi connectivity index (χ3n) is 2.22. The molecule has 1 amide bonds. The summed E-state index contributed by atoms with van der Waals surface area (Å²) in [5.41, 5.74) is 0. The minimum Gasteiger partial charge on any atom is -0.340 e. The maximum absolute atomic E-state index is 11.3.